The van der Waals surface area contributed by atoms with Crippen LogP contribution in [0.3, 0.4) is 0 Å². The van der Waals surface area contributed by atoms with Crippen molar-refractivity contribution < 1.29 is 24.1 Å². The van der Waals surface area contributed by atoms with Gasteiger partial charge in [0.05, 0.1) is 52.9 Å². The maximum atomic E-state index is 9.15. The first-order valence-electron chi connectivity index (χ1n) is 16.2. The molecule has 5 rings (SSSR count). The summed E-state index contributed by atoms with van der Waals surface area (Å²) in [4.78, 5) is 4.67. The average Bonchev–Trinajstić information content (AvgIpc) is 3.99. The molecule has 1 saturated heterocycles. The molecule has 0 radical (unpaired) electrons. The first kappa shape index (κ1) is 37.1. The van der Waals surface area contributed by atoms with Crippen LogP contribution in [0.25, 0.3) is 0 Å². The molecule has 1 aliphatic rings. The van der Waals surface area contributed by atoms with Crippen molar-refractivity contribution in [3.8, 4) is 0 Å². The van der Waals surface area contributed by atoms with Gasteiger partial charge in [0, 0.05) is 46.4 Å². The van der Waals surface area contributed by atoms with E-state index in [0.29, 0.717) is 39.6 Å². The second-order valence-corrected chi connectivity index (χ2v) is 10.9. The number of hydrogen-bond donors (Lipinski definition) is 1. The van der Waals surface area contributed by atoms with Gasteiger partial charge >= 0.3 is 0 Å². The van der Waals surface area contributed by atoms with Crippen LogP contribution in [0.2, 0.25) is 0 Å². The molecule has 0 bridgehead atoms. The summed E-state index contributed by atoms with van der Waals surface area (Å²) >= 11 is 0. The number of rotatable bonds is 19. The van der Waals surface area contributed by atoms with Gasteiger partial charge in [-0.15, -0.1) is 0 Å². The van der Waals surface area contributed by atoms with E-state index in [4.69, 9.17) is 19.3 Å². The average molecular weight is 629 g/mol. The monoisotopic (exact) mass is 628 g/mol. The van der Waals surface area contributed by atoms with Crippen LogP contribution in [0, 0.1) is 0 Å². The van der Waals surface area contributed by atoms with Crippen LogP contribution in [-0.2, 0) is 45.1 Å². The summed E-state index contributed by atoms with van der Waals surface area (Å²) in [5.41, 5.74) is 5.20. The third kappa shape index (κ3) is 18.5. The second-order valence-electron chi connectivity index (χ2n) is 10.9. The highest BCUT2D eigenvalue weighted by Crippen LogP contribution is 2.11. The number of ether oxygens (including phenoxy) is 4. The van der Waals surface area contributed by atoms with E-state index in [1.807, 2.05) is 12.1 Å². The maximum absolute atomic E-state index is 9.15. The van der Waals surface area contributed by atoms with Crippen molar-refractivity contribution in [3.63, 3.8) is 0 Å². The number of aliphatic hydroxyl groups is 1. The van der Waals surface area contributed by atoms with E-state index in [1.165, 1.54) is 22.3 Å². The number of benzene rings is 4. The van der Waals surface area contributed by atoms with Crippen molar-refractivity contribution in [1.29, 1.82) is 0 Å². The zero-order valence-corrected chi connectivity index (χ0v) is 27.4. The fraction of sp³-hybridized carbons (Fsp3) is 0.385. The van der Waals surface area contributed by atoms with Crippen LogP contribution >= 0.6 is 0 Å². The molecular formula is C39H52N2O5. The van der Waals surface area contributed by atoms with Gasteiger partial charge in [0.1, 0.15) is 0 Å². The molecule has 1 fully saturated rings. The van der Waals surface area contributed by atoms with Crippen LogP contribution in [0.4, 0.5) is 0 Å². The fourth-order valence-corrected chi connectivity index (χ4v) is 4.59. The molecule has 1 N–H and O–H groups in total. The van der Waals surface area contributed by atoms with Gasteiger partial charge in [-0.2, -0.15) is 0 Å². The Morgan fingerprint density at radius 3 is 1.15 bits per heavy atom. The van der Waals surface area contributed by atoms with E-state index in [-0.39, 0.29) is 6.61 Å². The topological polar surface area (TPSA) is 66.9 Å². The molecule has 0 aromatic heterocycles. The lowest BCUT2D eigenvalue weighted by molar-refractivity contribution is 0.0184. The van der Waals surface area contributed by atoms with Crippen molar-refractivity contribution in [2.45, 2.75) is 26.2 Å². The van der Waals surface area contributed by atoms with Crippen molar-refractivity contribution >= 4 is 0 Å². The molecule has 4 aromatic rings. The van der Waals surface area contributed by atoms with Gasteiger partial charge in [0.15, 0.2) is 0 Å². The minimum Gasteiger partial charge on any atom is -0.395 e. The molecule has 4 aromatic carbocycles. The zero-order valence-electron chi connectivity index (χ0n) is 27.4. The first-order chi connectivity index (χ1) is 22.8. The molecule has 1 aliphatic heterocycles. The molecular weight excluding hydrogens is 576 g/mol. The van der Waals surface area contributed by atoms with Gasteiger partial charge in [-0.05, 0) is 22.3 Å². The second kappa shape index (κ2) is 24.8. The Morgan fingerprint density at radius 1 is 0.500 bits per heavy atom. The normalized spacial score (nSPS) is 11.8. The lowest BCUT2D eigenvalue weighted by Crippen LogP contribution is -2.27. The number of methoxy groups -OCH3 is 1. The van der Waals surface area contributed by atoms with Gasteiger partial charge in [-0.3, -0.25) is 9.80 Å². The first-order valence-corrected chi connectivity index (χ1v) is 16.2. The number of nitrogens with zero attached hydrogens (tertiary/aromatic N) is 2. The standard InChI is InChI=1S/C21H29NO3.C16H19NO.C2H4O/c1-23-14-15-25-17-16-24-13-12-22(18-20-8-4-2-5-9-20)19-21-10-6-3-7-11-21;18-12-11-17(13-15-7-3-1-4-8-15)14-16-9-5-2-6-10-16;1-2-3-1/h2-11H,12-19H2,1H3;1-10,18H,11-14H2;1-2H2. The van der Waals surface area contributed by atoms with Crippen LogP contribution in [0.5, 0.6) is 0 Å². The fourth-order valence-electron chi connectivity index (χ4n) is 4.59. The van der Waals surface area contributed by atoms with Crippen molar-refractivity contribution in [2.24, 2.45) is 0 Å². The molecule has 1 heterocycles. The summed E-state index contributed by atoms with van der Waals surface area (Å²) in [6, 6.07) is 41.9. The highest BCUT2D eigenvalue weighted by atomic mass is 16.6. The largest absolute Gasteiger partial charge is 0.395 e. The van der Waals surface area contributed by atoms with E-state index in [1.54, 1.807) is 7.11 Å². The van der Waals surface area contributed by atoms with E-state index < -0.39 is 0 Å². The van der Waals surface area contributed by atoms with E-state index in [9.17, 15) is 0 Å². The Labute approximate surface area is 276 Å². The maximum Gasteiger partial charge on any atom is 0.0701 e. The number of epoxide rings is 1. The molecule has 7 nitrogen and oxygen atoms in total. The molecule has 0 atom stereocenters. The third-order valence-electron chi connectivity index (χ3n) is 6.97. The smallest absolute Gasteiger partial charge is 0.0701 e. The van der Waals surface area contributed by atoms with Gasteiger partial charge in [-0.1, -0.05) is 121 Å². The van der Waals surface area contributed by atoms with Crippen LogP contribution in [0.15, 0.2) is 121 Å². The molecule has 0 unspecified atom stereocenters. The summed E-state index contributed by atoms with van der Waals surface area (Å²) < 4.78 is 20.6. The summed E-state index contributed by atoms with van der Waals surface area (Å²) in [5, 5.41) is 9.15. The molecule has 7 heteroatoms. The van der Waals surface area contributed by atoms with Crippen molar-refractivity contribution in [1.82, 2.24) is 9.80 Å². The molecule has 0 aliphatic carbocycles. The van der Waals surface area contributed by atoms with Crippen LogP contribution < -0.4 is 0 Å². The Hall–Kier alpha value is -3.40. The van der Waals surface area contributed by atoms with E-state index >= 15 is 0 Å². The summed E-state index contributed by atoms with van der Waals surface area (Å²) in [5.74, 6) is 0. The number of hydrogen-bond acceptors (Lipinski definition) is 7. The predicted octanol–water partition coefficient (Wildman–Crippen LogP) is 6.07. The summed E-state index contributed by atoms with van der Waals surface area (Å²) in [6.07, 6.45) is 0. The van der Waals surface area contributed by atoms with Gasteiger partial charge in [-0.25, -0.2) is 0 Å². The minimum absolute atomic E-state index is 0.194. The SMILES string of the molecule is C1CO1.COCCOCCOCCN(Cc1ccccc1)Cc1ccccc1.OCCN(Cc1ccccc1)Cc1ccccc1. The Bertz CT molecular complexity index is 1140. The van der Waals surface area contributed by atoms with Gasteiger partial charge < -0.3 is 24.1 Å². The zero-order chi connectivity index (χ0) is 32.3. The summed E-state index contributed by atoms with van der Waals surface area (Å²) in [7, 11) is 1.67. The molecule has 46 heavy (non-hydrogen) atoms. The van der Waals surface area contributed by atoms with E-state index in [2.05, 4.69) is 124 Å². The highest BCUT2D eigenvalue weighted by Gasteiger charge is 2.08. The Morgan fingerprint density at radius 2 is 0.826 bits per heavy atom. The third-order valence-corrected chi connectivity index (χ3v) is 6.97. The Kier molecular flexibility index (Phi) is 20.0. The predicted molar refractivity (Wildman–Crippen MR) is 185 cm³/mol. The number of aliphatic hydroxyl groups excluding tert-OH is 1. The molecule has 248 valence electrons. The van der Waals surface area contributed by atoms with Crippen molar-refractivity contribution in [2.75, 3.05) is 73.1 Å². The highest BCUT2D eigenvalue weighted by molar-refractivity contribution is 5.18. The lowest BCUT2D eigenvalue weighted by Gasteiger charge is -2.22. The summed E-state index contributed by atoms with van der Waals surface area (Å²) in [6.45, 7) is 10.5. The van der Waals surface area contributed by atoms with Crippen molar-refractivity contribution in [3.05, 3.63) is 144 Å². The Balaban J connectivity index is 0.000000238. The molecule has 0 spiro atoms. The van der Waals surface area contributed by atoms with Crippen LogP contribution in [0.1, 0.15) is 22.3 Å². The van der Waals surface area contributed by atoms with Gasteiger partial charge in [0.25, 0.3) is 0 Å². The van der Waals surface area contributed by atoms with Crippen LogP contribution in [-0.4, -0.2) is 88.0 Å². The van der Waals surface area contributed by atoms with Gasteiger partial charge in [0.2, 0.25) is 0 Å². The quantitative estimate of drug-likeness (QED) is 0.1000. The molecule has 0 saturated carbocycles. The minimum atomic E-state index is 0.194. The van der Waals surface area contributed by atoms with E-state index in [0.717, 1.165) is 45.9 Å². The molecule has 0 amide bonds. The lowest BCUT2D eigenvalue weighted by atomic mass is 10.1.